The first kappa shape index (κ1) is 52.2. The van der Waals surface area contributed by atoms with Crippen molar-refractivity contribution in [1.82, 2.24) is 31.9 Å². The minimum Gasteiger partial charge on any atom is -0.508 e. The largest absolute Gasteiger partial charge is 0.508 e. The van der Waals surface area contributed by atoms with Gasteiger partial charge in [0.15, 0.2) is 0 Å². The molecule has 0 aliphatic heterocycles. The Hall–Kier alpha value is -4.81. The Kier molecular flexibility index (Phi) is 26.0. The zero-order valence-electron chi connectivity index (χ0n) is 35.0. The van der Waals surface area contributed by atoms with Gasteiger partial charge in [-0.05, 0) is 38.0 Å². The number of rotatable bonds is 31. The summed E-state index contributed by atoms with van der Waals surface area (Å²) in [5, 5.41) is 63.5. The highest BCUT2D eigenvalue weighted by Crippen LogP contribution is 2.14. The summed E-state index contributed by atoms with van der Waals surface area (Å²) >= 11 is 0. The van der Waals surface area contributed by atoms with Crippen LogP contribution in [0, 0.1) is 0 Å². The van der Waals surface area contributed by atoms with Gasteiger partial charge >= 0.3 is 5.97 Å². The van der Waals surface area contributed by atoms with E-state index in [1.807, 2.05) is 0 Å². The average Bonchev–Trinajstić information content (AvgIpc) is 3.18. The maximum absolute atomic E-state index is 13.7. The molecule has 18 heteroatoms. The first-order valence-corrected chi connectivity index (χ1v) is 20.7. The van der Waals surface area contributed by atoms with E-state index in [0.29, 0.717) is 12.0 Å². The molecule has 1 aromatic carbocycles. The van der Waals surface area contributed by atoms with Crippen molar-refractivity contribution in [1.29, 1.82) is 0 Å². The number of unbranched alkanes of at least 4 members (excludes halogenated alkanes) is 12. The fraction of sp³-hybridized carbons (Fsp3) is 0.683. The van der Waals surface area contributed by atoms with Crippen molar-refractivity contribution in [3.63, 3.8) is 0 Å². The van der Waals surface area contributed by atoms with Crippen molar-refractivity contribution in [2.45, 2.75) is 166 Å². The van der Waals surface area contributed by atoms with E-state index in [4.69, 9.17) is 5.11 Å². The number of carbonyl (C=O) groups is 7. The van der Waals surface area contributed by atoms with Crippen molar-refractivity contribution < 1.29 is 59.1 Å². The SMILES string of the molecule is CCCCCCCCCCCCCCCC(=O)N[C@H](C(=O)N[C@@H](Cc1ccc(O)cc1)C(=O)N[C@@H](CO)C(=O)N[C@H](C(=O)N[C@@H](CC(=O)O)C(=O)NC)[C@@H](C)O)[C@@H](C)O. The highest BCUT2D eigenvalue weighted by atomic mass is 16.4. The lowest BCUT2D eigenvalue weighted by Crippen LogP contribution is -2.62. The van der Waals surface area contributed by atoms with Crippen LogP contribution in [-0.4, -0.2) is 123 Å². The molecule has 0 bridgehead atoms. The number of hydrogen-bond donors (Lipinski definition) is 11. The highest BCUT2D eigenvalue weighted by molar-refractivity contribution is 5.97. The molecule has 0 fully saturated rings. The van der Waals surface area contributed by atoms with Gasteiger partial charge in [-0.2, -0.15) is 0 Å². The normalized spacial score (nSPS) is 14.6. The third-order valence-corrected chi connectivity index (χ3v) is 9.73. The van der Waals surface area contributed by atoms with Crippen molar-refractivity contribution in [2.24, 2.45) is 0 Å². The van der Waals surface area contributed by atoms with Crippen LogP contribution in [0.5, 0.6) is 5.75 Å². The van der Waals surface area contributed by atoms with Gasteiger partial charge in [0.2, 0.25) is 35.4 Å². The van der Waals surface area contributed by atoms with Crippen LogP contribution in [0.4, 0.5) is 0 Å². The topological polar surface area (TPSA) is 293 Å². The minimum absolute atomic E-state index is 0.0718. The molecule has 0 aromatic heterocycles. The van der Waals surface area contributed by atoms with E-state index in [-0.39, 0.29) is 18.6 Å². The van der Waals surface area contributed by atoms with Crippen LogP contribution in [-0.2, 0) is 40.0 Å². The van der Waals surface area contributed by atoms with E-state index in [9.17, 15) is 54.0 Å². The molecule has 0 heterocycles. The zero-order chi connectivity index (χ0) is 44.3. The van der Waals surface area contributed by atoms with E-state index in [1.165, 1.54) is 89.6 Å². The molecule has 0 saturated heterocycles. The molecule has 334 valence electrons. The summed E-state index contributed by atoms with van der Waals surface area (Å²) in [6.45, 7) is 3.62. The number of carbonyl (C=O) groups excluding carboxylic acids is 6. The second kappa shape index (κ2) is 29.4. The molecule has 0 radical (unpaired) electrons. The molecule has 1 rings (SSSR count). The maximum Gasteiger partial charge on any atom is 0.305 e. The van der Waals surface area contributed by atoms with E-state index in [1.54, 1.807) is 0 Å². The van der Waals surface area contributed by atoms with Gasteiger partial charge in [-0.25, -0.2) is 0 Å². The summed E-state index contributed by atoms with van der Waals surface area (Å²) in [6, 6.07) is -2.36. The number of phenols is 1. The first-order chi connectivity index (χ1) is 28.0. The molecule has 0 aliphatic carbocycles. The second-order valence-electron chi connectivity index (χ2n) is 15.0. The van der Waals surface area contributed by atoms with Crippen LogP contribution in [0.2, 0.25) is 0 Å². The van der Waals surface area contributed by atoms with Gasteiger partial charge < -0.3 is 57.4 Å². The smallest absolute Gasteiger partial charge is 0.305 e. The summed E-state index contributed by atoms with van der Waals surface area (Å²) in [5.74, 6) is -7.02. The quantitative estimate of drug-likeness (QED) is 0.0464. The number of nitrogens with one attached hydrogen (secondary N) is 6. The molecule has 1 aromatic rings. The second-order valence-corrected chi connectivity index (χ2v) is 15.0. The van der Waals surface area contributed by atoms with Gasteiger partial charge in [0.25, 0.3) is 0 Å². The Bertz CT molecular complexity index is 1460. The van der Waals surface area contributed by atoms with Gasteiger partial charge in [0, 0.05) is 19.9 Å². The van der Waals surface area contributed by atoms with Crippen LogP contribution in [0.25, 0.3) is 0 Å². The number of phenolic OH excluding ortho intramolecular Hbond substituents is 1. The summed E-state index contributed by atoms with van der Waals surface area (Å²) < 4.78 is 0. The number of carboxylic acid groups (broad SMARTS) is 1. The van der Waals surface area contributed by atoms with Crippen molar-refractivity contribution in [3.05, 3.63) is 29.8 Å². The van der Waals surface area contributed by atoms with Crippen molar-refractivity contribution >= 4 is 41.4 Å². The Labute approximate surface area is 347 Å². The molecule has 0 spiro atoms. The van der Waals surface area contributed by atoms with Gasteiger partial charge in [-0.3, -0.25) is 33.6 Å². The Balaban J connectivity index is 2.93. The molecule has 11 N–H and O–H groups in total. The van der Waals surface area contributed by atoms with Crippen LogP contribution in [0.15, 0.2) is 24.3 Å². The molecule has 18 nitrogen and oxygen atoms in total. The number of aliphatic hydroxyl groups excluding tert-OH is 3. The monoisotopic (exact) mass is 836 g/mol. The zero-order valence-corrected chi connectivity index (χ0v) is 35.0. The third-order valence-electron chi connectivity index (χ3n) is 9.73. The standard InChI is InChI=1S/C41H68N6O12/c1-5-6-7-8-9-10-11-12-13-14-15-16-17-18-33(52)46-35(26(2)49)40(58)43-30(23-28-19-21-29(51)22-20-28)38(56)45-32(25-48)39(57)47-36(27(3)50)41(59)44-31(24-34(53)54)37(55)42-4/h19-22,26-27,30-32,35-36,48-51H,5-18,23-25H2,1-4H3,(H,42,55)(H,43,58)(H,44,59)(H,45,56)(H,46,52)(H,47,57)(H,53,54)/t26-,27-,30+,31+,32+,35+,36+/m1/s1. The van der Waals surface area contributed by atoms with Crippen LogP contribution in [0.3, 0.4) is 0 Å². The molecule has 0 aliphatic rings. The molecule has 59 heavy (non-hydrogen) atoms. The summed E-state index contributed by atoms with van der Waals surface area (Å²) in [5.41, 5.74) is 0.450. The number of benzene rings is 1. The number of amides is 6. The molecule has 0 saturated carbocycles. The fourth-order valence-electron chi connectivity index (χ4n) is 6.24. The number of aliphatic carboxylic acids is 1. The van der Waals surface area contributed by atoms with E-state index in [2.05, 4.69) is 38.8 Å². The third kappa shape index (κ3) is 21.7. The summed E-state index contributed by atoms with van der Waals surface area (Å²) in [6.07, 6.45) is 10.9. The summed E-state index contributed by atoms with van der Waals surface area (Å²) in [7, 11) is 1.21. The highest BCUT2D eigenvalue weighted by Gasteiger charge is 2.35. The maximum atomic E-state index is 13.7. The number of hydrogen-bond acceptors (Lipinski definition) is 11. The summed E-state index contributed by atoms with van der Waals surface area (Å²) in [4.78, 5) is 89.5. The van der Waals surface area contributed by atoms with E-state index < -0.39 is 96.9 Å². The average molecular weight is 837 g/mol. The molecule has 6 amide bonds. The Morgan fingerprint density at radius 1 is 0.576 bits per heavy atom. The number of likely N-dealkylation sites (N-methyl/N-ethyl adjacent to an activating group) is 1. The predicted octanol–water partition coefficient (Wildman–Crippen LogP) is 0.815. The lowest BCUT2D eigenvalue weighted by atomic mass is 10.0. The molecular weight excluding hydrogens is 768 g/mol. The first-order valence-electron chi connectivity index (χ1n) is 20.7. The number of aliphatic hydroxyl groups is 3. The lowest BCUT2D eigenvalue weighted by molar-refractivity contribution is -0.141. The lowest BCUT2D eigenvalue weighted by Gasteiger charge is -2.27. The van der Waals surface area contributed by atoms with Gasteiger partial charge in [-0.15, -0.1) is 0 Å². The van der Waals surface area contributed by atoms with E-state index in [0.717, 1.165) is 32.6 Å². The van der Waals surface area contributed by atoms with Crippen LogP contribution >= 0.6 is 0 Å². The van der Waals surface area contributed by atoms with E-state index >= 15 is 0 Å². The number of carboxylic acids is 1. The molecule has 0 unspecified atom stereocenters. The predicted molar refractivity (Wildman–Crippen MR) is 219 cm³/mol. The van der Waals surface area contributed by atoms with Crippen LogP contribution in [0.1, 0.15) is 123 Å². The Morgan fingerprint density at radius 2 is 1.02 bits per heavy atom. The van der Waals surface area contributed by atoms with Gasteiger partial charge in [0.05, 0.1) is 25.2 Å². The minimum atomic E-state index is -1.77. The molecule has 7 atom stereocenters. The van der Waals surface area contributed by atoms with Gasteiger partial charge in [0.1, 0.15) is 36.0 Å². The van der Waals surface area contributed by atoms with Crippen molar-refractivity contribution in [3.8, 4) is 5.75 Å². The fourth-order valence-corrected chi connectivity index (χ4v) is 6.24. The van der Waals surface area contributed by atoms with Crippen molar-refractivity contribution in [2.75, 3.05) is 13.7 Å². The van der Waals surface area contributed by atoms with Crippen LogP contribution < -0.4 is 31.9 Å². The Morgan fingerprint density at radius 3 is 1.47 bits per heavy atom. The molecular formula is C41H68N6O12. The van der Waals surface area contributed by atoms with Gasteiger partial charge in [-0.1, -0.05) is 96.1 Å². The number of aromatic hydroxyl groups is 1.